The fourth-order valence-corrected chi connectivity index (χ4v) is 2.08. The Labute approximate surface area is 133 Å². The third kappa shape index (κ3) is 4.14. The Morgan fingerprint density at radius 1 is 1.13 bits per heavy atom. The highest BCUT2D eigenvalue weighted by molar-refractivity contribution is 7.80. The highest BCUT2D eigenvalue weighted by Gasteiger charge is 2.24. The largest absolute Gasteiger partial charge is 0.376 e. The first kappa shape index (κ1) is 17.5. The molecule has 23 heavy (non-hydrogen) atoms. The second kappa shape index (κ2) is 7.64. The van der Waals surface area contributed by atoms with E-state index in [1.807, 2.05) is 0 Å². The first-order valence-corrected chi connectivity index (χ1v) is 7.02. The number of hydrazone groups is 1. The maximum Gasteiger partial charge on any atom is 0.200 e. The lowest BCUT2D eigenvalue weighted by Gasteiger charge is -2.11. The standard InChI is InChI=1S/C13H12F5N3OS/c14-8-7(9(15)11(17)12(18)10(8)16)5-20-21-13(23)19-4-6-2-1-3-22-6/h5-6H,1-4H2,(H2,19,21,23)/b20-5-/t6-/m1/s1. The molecule has 1 aliphatic heterocycles. The molecule has 0 bridgehead atoms. The zero-order valence-corrected chi connectivity index (χ0v) is 12.5. The molecule has 1 fully saturated rings. The van der Waals surface area contributed by atoms with Crippen LogP contribution in [0.2, 0.25) is 0 Å². The van der Waals surface area contributed by atoms with E-state index in [-0.39, 0.29) is 11.2 Å². The zero-order chi connectivity index (χ0) is 17.0. The monoisotopic (exact) mass is 353 g/mol. The van der Waals surface area contributed by atoms with E-state index in [2.05, 4.69) is 15.8 Å². The van der Waals surface area contributed by atoms with Crippen LogP contribution in [-0.4, -0.2) is 30.6 Å². The minimum Gasteiger partial charge on any atom is -0.376 e. The molecule has 0 aromatic heterocycles. The van der Waals surface area contributed by atoms with Gasteiger partial charge in [-0.2, -0.15) is 5.10 Å². The van der Waals surface area contributed by atoms with Crippen LogP contribution < -0.4 is 10.7 Å². The van der Waals surface area contributed by atoms with Crippen molar-refractivity contribution in [2.75, 3.05) is 13.2 Å². The van der Waals surface area contributed by atoms with Crippen LogP contribution in [0.4, 0.5) is 22.0 Å². The number of halogens is 5. The van der Waals surface area contributed by atoms with E-state index in [4.69, 9.17) is 17.0 Å². The number of benzene rings is 1. The lowest BCUT2D eigenvalue weighted by atomic mass is 10.2. The van der Waals surface area contributed by atoms with Gasteiger partial charge in [0.2, 0.25) is 5.82 Å². The molecule has 0 spiro atoms. The van der Waals surface area contributed by atoms with Gasteiger partial charge in [-0.1, -0.05) is 0 Å². The van der Waals surface area contributed by atoms with Crippen LogP contribution in [-0.2, 0) is 4.74 Å². The van der Waals surface area contributed by atoms with Crippen molar-refractivity contribution in [1.29, 1.82) is 0 Å². The van der Waals surface area contributed by atoms with Gasteiger partial charge in [0.25, 0.3) is 0 Å². The van der Waals surface area contributed by atoms with Crippen molar-refractivity contribution < 1.29 is 26.7 Å². The SMILES string of the molecule is Fc1c(F)c(F)c(/C=N\NC(=S)NC[C@H]2CCCO2)c(F)c1F. The minimum atomic E-state index is -2.22. The Kier molecular flexibility index (Phi) is 5.83. The second-order valence-corrected chi connectivity index (χ2v) is 5.11. The van der Waals surface area contributed by atoms with E-state index in [1.165, 1.54) is 0 Å². The van der Waals surface area contributed by atoms with Gasteiger partial charge in [0.05, 0.1) is 17.9 Å². The lowest BCUT2D eigenvalue weighted by Crippen LogP contribution is -2.37. The summed E-state index contributed by atoms with van der Waals surface area (Å²) in [5.41, 5.74) is 1.07. The molecule has 1 aliphatic rings. The number of nitrogens with zero attached hydrogens (tertiary/aromatic N) is 1. The number of rotatable bonds is 4. The van der Waals surface area contributed by atoms with Gasteiger partial charge < -0.3 is 10.1 Å². The molecule has 4 nitrogen and oxygen atoms in total. The van der Waals surface area contributed by atoms with Crippen LogP contribution in [0.1, 0.15) is 18.4 Å². The topological polar surface area (TPSA) is 45.7 Å². The van der Waals surface area contributed by atoms with Crippen LogP contribution in [0.25, 0.3) is 0 Å². The molecular formula is C13H12F5N3OS. The smallest absolute Gasteiger partial charge is 0.200 e. The highest BCUT2D eigenvalue weighted by atomic mass is 32.1. The van der Waals surface area contributed by atoms with E-state index in [1.54, 1.807) is 0 Å². The van der Waals surface area contributed by atoms with Crippen molar-refractivity contribution in [2.24, 2.45) is 5.10 Å². The Balaban J connectivity index is 1.96. The summed E-state index contributed by atoms with van der Waals surface area (Å²) >= 11 is 4.85. The minimum absolute atomic E-state index is 0.00825. The molecular weight excluding hydrogens is 341 g/mol. The molecule has 1 aromatic carbocycles. The first-order valence-electron chi connectivity index (χ1n) is 6.61. The van der Waals surface area contributed by atoms with Gasteiger partial charge >= 0.3 is 0 Å². The average Bonchev–Trinajstić information content (AvgIpc) is 3.06. The predicted molar refractivity (Wildman–Crippen MR) is 76.5 cm³/mol. The lowest BCUT2D eigenvalue weighted by molar-refractivity contribution is 0.114. The maximum absolute atomic E-state index is 13.4. The molecule has 1 heterocycles. The molecule has 0 saturated carbocycles. The molecule has 2 rings (SSSR count). The quantitative estimate of drug-likeness (QED) is 0.218. The maximum atomic E-state index is 13.4. The summed E-state index contributed by atoms with van der Waals surface area (Å²) in [5, 5.41) is 6.15. The fourth-order valence-electron chi connectivity index (χ4n) is 1.94. The van der Waals surface area contributed by atoms with E-state index in [0.29, 0.717) is 19.4 Å². The van der Waals surface area contributed by atoms with Crippen molar-refractivity contribution in [3.63, 3.8) is 0 Å². The van der Waals surface area contributed by atoms with Gasteiger partial charge in [0, 0.05) is 13.2 Å². The summed E-state index contributed by atoms with van der Waals surface area (Å²) in [6, 6.07) is 0. The molecule has 126 valence electrons. The molecule has 1 atom stereocenters. The summed E-state index contributed by atoms with van der Waals surface area (Å²) in [5.74, 6) is -10.2. The van der Waals surface area contributed by atoms with E-state index < -0.39 is 34.6 Å². The van der Waals surface area contributed by atoms with Crippen molar-refractivity contribution >= 4 is 23.5 Å². The zero-order valence-electron chi connectivity index (χ0n) is 11.6. The van der Waals surface area contributed by atoms with Crippen molar-refractivity contribution in [3.8, 4) is 0 Å². The van der Waals surface area contributed by atoms with Crippen molar-refractivity contribution in [1.82, 2.24) is 10.7 Å². The molecule has 1 aromatic rings. The van der Waals surface area contributed by atoms with Crippen LogP contribution in [0, 0.1) is 29.1 Å². The molecule has 0 radical (unpaired) electrons. The van der Waals surface area contributed by atoms with Gasteiger partial charge in [-0.3, -0.25) is 5.43 Å². The summed E-state index contributed by atoms with van der Waals surface area (Å²) in [6.07, 6.45) is 2.30. The number of nitrogens with one attached hydrogen (secondary N) is 2. The molecule has 0 amide bonds. The van der Waals surface area contributed by atoms with Gasteiger partial charge in [-0.15, -0.1) is 0 Å². The number of thiocarbonyl (C=S) groups is 1. The average molecular weight is 353 g/mol. The summed E-state index contributed by atoms with van der Waals surface area (Å²) in [7, 11) is 0. The van der Waals surface area contributed by atoms with Crippen LogP contribution in [0.5, 0.6) is 0 Å². The third-order valence-corrected chi connectivity index (χ3v) is 3.35. The van der Waals surface area contributed by atoms with Crippen LogP contribution >= 0.6 is 12.2 Å². The molecule has 1 saturated heterocycles. The Morgan fingerprint density at radius 2 is 1.74 bits per heavy atom. The number of ether oxygens (including phenoxy) is 1. The Bertz CT molecular complexity index is 606. The molecule has 0 unspecified atom stereocenters. The first-order chi connectivity index (χ1) is 10.9. The van der Waals surface area contributed by atoms with Crippen LogP contribution in [0.3, 0.4) is 0 Å². The van der Waals surface area contributed by atoms with E-state index >= 15 is 0 Å². The predicted octanol–water partition coefficient (Wildman–Crippen LogP) is 2.36. The summed E-state index contributed by atoms with van der Waals surface area (Å²) in [6.45, 7) is 1.09. The molecule has 0 aliphatic carbocycles. The van der Waals surface area contributed by atoms with E-state index in [0.717, 1.165) is 12.8 Å². The van der Waals surface area contributed by atoms with E-state index in [9.17, 15) is 22.0 Å². The molecule has 10 heteroatoms. The summed E-state index contributed by atoms with van der Waals surface area (Å²) < 4.78 is 70.9. The van der Waals surface area contributed by atoms with Crippen LogP contribution in [0.15, 0.2) is 5.10 Å². The van der Waals surface area contributed by atoms with Crippen molar-refractivity contribution in [3.05, 3.63) is 34.6 Å². The normalized spacial score (nSPS) is 17.7. The summed E-state index contributed by atoms with van der Waals surface area (Å²) in [4.78, 5) is 0. The fraction of sp³-hybridized carbons (Fsp3) is 0.385. The van der Waals surface area contributed by atoms with Gasteiger partial charge in [-0.05, 0) is 25.1 Å². The molecule has 2 N–H and O–H groups in total. The Hall–Kier alpha value is -1.81. The second-order valence-electron chi connectivity index (χ2n) is 4.70. The number of hydrogen-bond donors (Lipinski definition) is 2. The third-order valence-electron chi connectivity index (χ3n) is 3.12. The van der Waals surface area contributed by atoms with Gasteiger partial charge in [-0.25, -0.2) is 22.0 Å². The van der Waals surface area contributed by atoms with Crippen molar-refractivity contribution in [2.45, 2.75) is 18.9 Å². The van der Waals surface area contributed by atoms with Gasteiger partial charge in [0.1, 0.15) is 0 Å². The van der Waals surface area contributed by atoms with Gasteiger partial charge in [0.15, 0.2) is 28.4 Å². The highest BCUT2D eigenvalue weighted by Crippen LogP contribution is 2.21. The number of hydrogen-bond acceptors (Lipinski definition) is 3. The Morgan fingerprint density at radius 3 is 2.30 bits per heavy atom.